The zero-order chi connectivity index (χ0) is 10.9. The summed E-state index contributed by atoms with van der Waals surface area (Å²) in [4.78, 5) is 6.22. The van der Waals surface area contributed by atoms with Crippen molar-refractivity contribution in [3.05, 3.63) is 0 Å². The zero-order valence-corrected chi connectivity index (χ0v) is 9.54. The molecule has 0 spiro atoms. The molecular weight excluding hydrogens is 214 g/mol. The quantitative estimate of drug-likeness (QED) is 0.491. The molecule has 0 atom stereocenters. The zero-order valence-electron chi connectivity index (χ0n) is 8.72. The summed E-state index contributed by atoms with van der Waals surface area (Å²) in [6, 6.07) is 0.393. The molecule has 0 aromatic heterocycles. The van der Waals surface area contributed by atoms with E-state index in [1.54, 1.807) is 0 Å². The van der Waals surface area contributed by atoms with Crippen LogP contribution in [-0.4, -0.2) is 49.9 Å². The number of hydrogen-bond acceptors (Lipinski definition) is 3. The molecule has 2 fully saturated rings. The van der Waals surface area contributed by atoms with Gasteiger partial charge in [0.1, 0.15) is 0 Å². The van der Waals surface area contributed by atoms with E-state index in [0.717, 1.165) is 12.8 Å². The highest BCUT2D eigenvalue weighted by atomic mass is 32.2. The summed E-state index contributed by atoms with van der Waals surface area (Å²) in [7, 11) is -2.85. The molecule has 0 bridgehead atoms. The van der Waals surface area contributed by atoms with E-state index < -0.39 is 9.84 Å². The Morgan fingerprint density at radius 1 is 1.27 bits per heavy atom. The van der Waals surface area contributed by atoms with Gasteiger partial charge in [0.25, 0.3) is 0 Å². The predicted molar refractivity (Wildman–Crippen MR) is 59.5 cm³/mol. The van der Waals surface area contributed by atoms with Crippen LogP contribution in [0.3, 0.4) is 0 Å². The van der Waals surface area contributed by atoms with Gasteiger partial charge in [-0.25, -0.2) is 13.4 Å². The minimum Gasteiger partial charge on any atom is -0.370 e. The van der Waals surface area contributed by atoms with Crippen molar-refractivity contribution in [3.8, 4) is 0 Å². The van der Waals surface area contributed by atoms with Crippen molar-refractivity contribution in [2.45, 2.75) is 25.3 Å². The Bertz CT molecular complexity index is 360. The average molecular weight is 231 g/mol. The fraction of sp³-hybridized carbons (Fsp3) is 0.889. The summed E-state index contributed by atoms with van der Waals surface area (Å²) in [5.74, 6) is 1.00. The van der Waals surface area contributed by atoms with E-state index in [0.29, 0.717) is 31.5 Å². The summed E-state index contributed by atoms with van der Waals surface area (Å²) < 4.78 is 22.7. The van der Waals surface area contributed by atoms with Gasteiger partial charge in [0, 0.05) is 13.1 Å². The molecule has 15 heavy (non-hydrogen) atoms. The van der Waals surface area contributed by atoms with Gasteiger partial charge in [-0.15, -0.1) is 0 Å². The minimum absolute atomic E-state index is 0.202. The van der Waals surface area contributed by atoms with Gasteiger partial charge in [0.05, 0.1) is 17.5 Å². The smallest absolute Gasteiger partial charge is 0.191 e. The van der Waals surface area contributed by atoms with Crippen LogP contribution in [-0.2, 0) is 9.84 Å². The molecule has 2 rings (SSSR count). The van der Waals surface area contributed by atoms with E-state index in [4.69, 9.17) is 5.73 Å². The molecule has 0 amide bonds. The molecule has 1 aliphatic carbocycles. The van der Waals surface area contributed by atoms with Crippen LogP contribution in [0.5, 0.6) is 0 Å². The average Bonchev–Trinajstić information content (AvgIpc) is 2.93. The molecule has 1 heterocycles. The maximum Gasteiger partial charge on any atom is 0.191 e. The van der Waals surface area contributed by atoms with Crippen molar-refractivity contribution in [2.75, 3.05) is 24.6 Å². The van der Waals surface area contributed by atoms with E-state index in [-0.39, 0.29) is 11.5 Å². The van der Waals surface area contributed by atoms with Crippen LogP contribution in [0, 0.1) is 0 Å². The molecule has 86 valence electrons. The topological polar surface area (TPSA) is 75.8 Å². The molecule has 0 radical (unpaired) electrons. The fourth-order valence-corrected chi connectivity index (χ4v) is 2.91. The van der Waals surface area contributed by atoms with Crippen LogP contribution < -0.4 is 5.73 Å². The van der Waals surface area contributed by atoms with E-state index in [9.17, 15) is 8.42 Å². The van der Waals surface area contributed by atoms with Crippen LogP contribution in [0.1, 0.15) is 19.3 Å². The largest absolute Gasteiger partial charge is 0.370 e. The third-order valence-corrected chi connectivity index (χ3v) is 4.46. The van der Waals surface area contributed by atoms with Gasteiger partial charge in [0.15, 0.2) is 15.8 Å². The van der Waals surface area contributed by atoms with Gasteiger partial charge in [-0.3, -0.25) is 0 Å². The second-order valence-corrected chi connectivity index (χ2v) is 6.51. The number of guanidine groups is 1. The Kier molecular flexibility index (Phi) is 2.86. The number of nitrogens with zero attached hydrogens (tertiary/aromatic N) is 2. The van der Waals surface area contributed by atoms with Crippen LogP contribution in [0.2, 0.25) is 0 Å². The fourth-order valence-electron chi connectivity index (χ4n) is 1.64. The molecule has 5 nitrogen and oxygen atoms in total. The van der Waals surface area contributed by atoms with Crippen molar-refractivity contribution in [1.82, 2.24) is 4.90 Å². The monoisotopic (exact) mass is 231 g/mol. The SMILES string of the molecule is NC(=NC1CC1)N1CCCS(=O)(=O)CC1. The lowest BCUT2D eigenvalue weighted by Gasteiger charge is -2.20. The van der Waals surface area contributed by atoms with Crippen molar-refractivity contribution >= 4 is 15.8 Å². The van der Waals surface area contributed by atoms with Crippen LogP contribution in [0.25, 0.3) is 0 Å². The van der Waals surface area contributed by atoms with E-state index in [1.807, 2.05) is 4.90 Å². The lowest BCUT2D eigenvalue weighted by Crippen LogP contribution is -2.39. The molecule has 1 saturated heterocycles. The number of aliphatic imine (C=N–C) groups is 1. The predicted octanol–water partition coefficient (Wildman–Crippen LogP) is -0.416. The molecule has 2 N–H and O–H groups in total. The first kappa shape index (κ1) is 10.7. The Labute approximate surface area is 90.3 Å². The van der Waals surface area contributed by atoms with Gasteiger partial charge in [-0.2, -0.15) is 0 Å². The second-order valence-electron chi connectivity index (χ2n) is 4.21. The number of sulfone groups is 1. The summed E-state index contributed by atoms with van der Waals surface area (Å²) in [6.07, 6.45) is 2.89. The van der Waals surface area contributed by atoms with Crippen molar-refractivity contribution in [3.63, 3.8) is 0 Å². The molecular formula is C9H17N3O2S. The highest BCUT2D eigenvalue weighted by Gasteiger charge is 2.24. The highest BCUT2D eigenvalue weighted by molar-refractivity contribution is 7.91. The lowest BCUT2D eigenvalue weighted by atomic mass is 10.4. The number of rotatable bonds is 1. The second kappa shape index (κ2) is 4.00. The summed E-state index contributed by atoms with van der Waals surface area (Å²) >= 11 is 0. The molecule has 1 aliphatic heterocycles. The van der Waals surface area contributed by atoms with Gasteiger partial charge >= 0.3 is 0 Å². The maximum atomic E-state index is 11.4. The summed E-state index contributed by atoms with van der Waals surface area (Å²) in [5, 5.41) is 0. The van der Waals surface area contributed by atoms with Gasteiger partial charge in [-0.1, -0.05) is 0 Å². The van der Waals surface area contributed by atoms with Crippen LogP contribution in [0.15, 0.2) is 4.99 Å². The molecule has 1 saturated carbocycles. The first-order valence-corrected chi connectivity index (χ1v) is 7.18. The molecule has 0 unspecified atom stereocenters. The van der Waals surface area contributed by atoms with Crippen LogP contribution >= 0.6 is 0 Å². The maximum absolute atomic E-state index is 11.4. The standard InChI is InChI=1S/C9H17N3O2S/c10-9(11-8-2-3-8)12-4-1-6-15(13,14)7-5-12/h8H,1-7H2,(H2,10,11). The van der Waals surface area contributed by atoms with Crippen molar-refractivity contribution in [1.29, 1.82) is 0 Å². The van der Waals surface area contributed by atoms with Crippen LogP contribution in [0.4, 0.5) is 0 Å². The summed E-state index contributed by atoms with van der Waals surface area (Å²) in [6.45, 7) is 1.20. The molecule has 6 heteroatoms. The third-order valence-electron chi connectivity index (χ3n) is 2.74. The van der Waals surface area contributed by atoms with Gasteiger partial charge in [0.2, 0.25) is 0 Å². The Balaban J connectivity index is 1.98. The van der Waals surface area contributed by atoms with E-state index in [1.165, 1.54) is 0 Å². The highest BCUT2D eigenvalue weighted by Crippen LogP contribution is 2.23. The Morgan fingerprint density at radius 3 is 2.67 bits per heavy atom. The van der Waals surface area contributed by atoms with Gasteiger partial charge < -0.3 is 10.6 Å². The van der Waals surface area contributed by atoms with E-state index in [2.05, 4.69) is 4.99 Å². The molecule has 2 aliphatic rings. The van der Waals surface area contributed by atoms with Crippen molar-refractivity contribution < 1.29 is 8.42 Å². The number of hydrogen-bond donors (Lipinski definition) is 1. The van der Waals surface area contributed by atoms with Crippen molar-refractivity contribution in [2.24, 2.45) is 10.7 Å². The lowest BCUT2D eigenvalue weighted by molar-refractivity contribution is 0.443. The third kappa shape index (κ3) is 3.09. The minimum atomic E-state index is -2.85. The first-order valence-electron chi connectivity index (χ1n) is 5.35. The van der Waals surface area contributed by atoms with Gasteiger partial charge in [-0.05, 0) is 19.3 Å². The Hall–Kier alpha value is -0.780. The summed E-state index contributed by atoms with van der Waals surface area (Å²) in [5.41, 5.74) is 5.83. The molecule has 0 aromatic rings. The Morgan fingerprint density at radius 2 is 2.00 bits per heavy atom. The number of nitrogens with two attached hydrogens (primary N) is 1. The molecule has 0 aromatic carbocycles. The first-order chi connectivity index (χ1) is 7.07. The van der Waals surface area contributed by atoms with E-state index >= 15 is 0 Å². The normalized spacial score (nSPS) is 27.5.